The van der Waals surface area contributed by atoms with E-state index in [0.717, 1.165) is 19.3 Å². The molecule has 4 nitrogen and oxygen atoms in total. The fourth-order valence-corrected chi connectivity index (χ4v) is 2.67. The van der Waals surface area contributed by atoms with Gasteiger partial charge in [0.05, 0.1) is 12.3 Å². The Morgan fingerprint density at radius 3 is 2.43 bits per heavy atom. The summed E-state index contributed by atoms with van der Waals surface area (Å²) in [5.41, 5.74) is 0. The zero-order valence-electron chi connectivity index (χ0n) is 8.44. The normalized spacial score (nSPS) is 20.6. The van der Waals surface area contributed by atoms with Crippen LogP contribution in [0.25, 0.3) is 0 Å². The highest BCUT2D eigenvalue weighted by Crippen LogP contribution is 2.22. The van der Waals surface area contributed by atoms with E-state index in [1.54, 1.807) is 0 Å². The number of nitriles is 1. The molecule has 1 aliphatic heterocycles. The average molecular weight is 216 g/mol. The molecule has 0 aromatic carbocycles. The second-order valence-corrected chi connectivity index (χ2v) is 5.78. The van der Waals surface area contributed by atoms with Crippen LogP contribution in [0.5, 0.6) is 0 Å². The van der Waals surface area contributed by atoms with Crippen LogP contribution in [0.15, 0.2) is 0 Å². The third kappa shape index (κ3) is 3.28. The lowest BCUT2D eigenvalue weighted by molar-refractivity contribution is 0.266. The number of sulfonamides is 1. The van der Waals surface area contributed by atoms with Crippen LogP contribution in [0.4, 0.5) is 0 Å². The SMILES string of the molecule is CS(=O)(=O)N1CCC(CCC#N)CC1. The molecule has 80 valence electrons. The summed E-state index contributed by atoms with van der Waals surface area (Å²) >= 11 is 0. The minimum absolute atomic E-state index is 0.535. The molecule has 0 unspecified atom stereocenters. The zero-order valence-corrected chi connectivity index (χ0v) is 9.26. The van der Waals surface area contributed by atoms with Crippen molar-refractivity contribution in [1.82, 2.24) is 4.31 Å². The molecular weight excluding hydrogens is 200 g/mol. The predicted molar refractivity (Wildman–Crippen MR) is 54.0 cm³/mol. The van der Waals surface area contributed by atoms with Crippen LogP contribution in [0.1, 0.15) is 25.7 Å². The summed E-state index contributed by atoms with van der Waals surface area (Å²) < 4.78 is 23.9. The van der Waals surface area contributed by atoms with Crippen LogP contribution < -0.4 is 0 Å². The Labute approximate surface area is 85.6 Å². The van der Waals surface area contributed by atoms with E-state index in [1.165, 1.54) is 10.6 Å². The zero-order chi connectivity index (χ0) is 10.6. The Morgan fingerprint density at radius 2 is 2.00 bits per heavy atom. The molecule has 0 amide bonds. The Bertz CT molecular complexity index is 310. The van der Waals surface area contributed by atoms with Crippen molar-refractivity contribution in [3.63, 3.8) is 0 Å². The van der Waals surface area contributed by atoms with Gasteiger partial charge in [-0.3, -0.25) is 0 Å². The maximum Gasteiger partial charge on any atom is 0.211 e. The molecule has 1 aliphatic rings. The fraction of sp³-hybridized carbons (Fsp3) is 0.889. The van der Waals surface area contributed by atoms with Crippen LogP contribution in [0.2, 0.25) is 0 Å². The van der Waals surface area contributed by atoms with Crippen molar-refractivity contribution in [3.05, 3.63) is 0 Å². The van der Waals surface area contributed by atoms with Gasteiger partial charge in [-0.2, -0.15) is 5.26 Å². The van der Waals surface area contributed by atoms with E-state index < -0.39 is 10.0 Å². The number of piperidine rings is 1. The van der Waals surface area contributed by atoms with Gasteiger partial charge in [0, 0.05) is 19.5 Å². The van der Waals surface area contributed by atoms with Crippen molar-refractivity contribution in [3.8, 4) is 6.07 Å². The highest BCUT2D eigenvalue weighted by atomic mass is 32.2. The Kier molecular flexibility index (Phi) is 3.90. The Morgan fingerprint density at radius 1 is 1.43 bits per heavy atom. The number of nitrogens with zero attached hydrogens (tertiary/aromatic N) is 2. The van der Waals surface area contributed by atoms with Gasteiger partial charge in [0.15, 0.2) is 0 Å². The van der Waals surface area contributed by atoms with Crippen LogP contribution in [0, 0.1) is 17.2 Å². The smallest absolute Gasteiger partial charge is 0.211 e. The molecule has 1 rings (SSSR count). The summed E-state index contributed by atoms with van der Waals surface area (Å²) in [6, 6.07) is 2.12. The van der Waals surface area contributed by atoms with Gasteiger partial charge < -0.3 is 0 Å². The van der Waals surface area contributed by atoms with Crippen molar-refractivity contribution in [1.29, 1.82) is 5.26 Å². The van der Waals surface area contributed by atoms with Gasteiger partial charge in [0.25, 0.3) is 0 Å². The minimum Gasteiger partial charge on any atom is -0.213 e. The molecular formula is C9H16N2O2S. The topological polar surface area (TPSA) is 61.2 Å². The first-order valence-electron chi connectivity index (χ1n) is 4.86. The van der Waals surface area contributed by atoms with Gasteiger partial charge in [-0.25, -0.2) is 12.7 Å². The fourth-order valence-electron chi connectivity index (χ4n) is 1.80. The molecule has 1 saturated heterocycles. The quantitative estimate of drug-likeness (QED) is 0.706. The molecule has 0 atom stereocenters. The monoisotopic (exact) mass is 216 g/mol. The molecule has 5 heteroatoms. The average Bonchev–Trinajstić information content (AvgIpc) is 2.14. The van der Waals surface area contributed by atoms with Crippen LogP contribution in [0.3, 0.4) is 0 Å². The van der Waals surface area contributed by atoms with E-state index in [1.807, 2.05) is 0 Å². The van der Waals surface area contributed by atoms with Gasteiger partial charge in [-0.15, -0.1) is 0 Å². The Hall–Kier alpha value is -0.600. The summed E-state index contributed by atoms with van der Waals surface area (Å²) in [6.45, 7) is 1.24. The number of rotatable bonds is 3. The van der Waals surface area contributed by atoms with Crippen molar-refractivity contribution in [2.75, 3.05) is 19.3 Å². The van der Waals surface area contributed by atoms with Crippen molar-refractivity contribution in [2.45, 2.75) is 25.7 Å². The minimum atomic E-state index is -3.00. The summed E-state index contributed by atoms with van der Waals surface area (Å²) in [6.07, 6.45) is 4.55. The second kappa shape index (κ2) is 4.76. The van der Waals surface area contributed by atoms with Gasteiger partial charge in [-0.1, -0.05) is 0 Å². The maximum atomic E-state index is 11.2. The van der Waals surface area contributed by atoms with Crippen molar-refractivity contribution >= 4 is 10.0 Å². The lowest BCUT2D eigenvalue weighted by atomic mass is 9.93. The second-order valence-electron chi connectivity index (χ2n) is 3.80. The van der Waals surface area contributed by atoms with Gasteiger partial charge in [0.1, 0.15) is 0 Å². The Balaban J connectivity index is 2.36. The highest BCUT2D eigenvalue weighted by molar-refractivity contribution is 7.88. The van der Waals surface area contributed by atoms with Gasteiger partial charge in [0.2, 0.25) is 10.0 Å². The number of hydrogen-bond acceptors (Lipinski definition) is 3. The van der Waals surface area contributed by atoms with Crippen LogP contribution in [-0.2, 0) is 10.0 Å². The standard InChI is InChI=1S/C9H16N2O2S/c1-14(12,13)11-7-4-9(5-8-11)3-2-6-10/h9H,2-5,7-8H2,1H3. The summed E-state index contributed by atoms with van der Waals surface area (Å²) in [5, 5.41) is 8.42. The molecule has 0 radical (unpaired) electrons. The largest absolute Gasteiger partial charge is 0.213 e. The van der Waals surface area contributed by atoms with E-state index in [4.69, 9.17) is 5.26 Å². The summed E-state index contributed by atoms with van der Waals surface area (Å²) in [4.78, 5) is 0. The summed E-state index contributed by atoms with van der Waals surface area (Å²) in [5.74, 6) is 0.535. The molecule has 0 bridgehead atoms. The third-order valence-corrected chi connectivity index (χ3v) is 4.01. The number of hydrogen-bond donors (Lipinski definition) is 0. The van der Waals surface area contributed by atoms with E-state index in [0.29, 0.717) is 25.4 Å². The lowest BCUT2D eigenvalue weighted by Gasteiger charge is -2.29. The molecule has 1 heterocycles. The van der Waals surface area contributed by atoms with Gasteiger partial charge in [-0.05, 0) is 25.2 Å². The van der Waals surface area contributed by atoms with Gasteiger partial charge >= 0.3 is 0 Å². The highest BCUT2D eigenvalue weighted by Gasteiger charge is 2.24. The summed E-state index contributed by atoms with van der Waals surface area (Å²) in [7, 11) is -3.00. The predicted octanol–water partition coefficient (Wildman–Crippen LogP) is 0.962. The molecule has 0 saturated carbocycles. The molecule has 1 fully saturated rings. The van der Waals surface area contributed by atoms with Crippen LogP contribution >= 0.6 is 0 Å². The first kappa shape index (κ1) is 11.5. The van der Waals surface area contributed by atoms with E-state index in [2.05, 4.69) is 6.07 Å². The molecule has 0 aliphatic carbocycles. The maximum absolute atomic E-state index is 11.2. The first-order valence-corrected chi connectivity index (χ1v) is 6.71. The molecule has 0 aromatic heterocycles. The van der Waals surface area contributed by atoms with E-state index in [-0.39, 0.29) is 0 Å². The van der Waals surface area contributed by atoms with Crippen LogP contribution in [-0.4, -0.2) is 32.1 Å². The molecule has 0 N–H and O–H groups in total. The van der Waals surface area contributed by atoms with Crippen molar-refractivity contribution < 1.29 is 8.42 Å². The third-order valence-electron chi connectivity index (χ3n) is 2.71. The van der Waals surface area contributed by atoms with E-state index in [9.17, 15) is 8.42 Å². The van der Waals surface area contributed by atoms with Crippen molar-refractivity contribution in [2.24, 2.45) is 5.92 Å². The lowest BCUT2D eigenvalue weighted by Crippen LogP contribution is -2.37. The first-order chi connectivity index (χ1) is 6.54. The molecule has 0 spiro atoms. The molecule has 0 aromatic rings. The molecule has 14 heavy (non-hydrogen) atoms. The van der Waals surface area contributed by atoms with E-state index >= 15 is 0 Å².